The summed E-state index contributed by atoms with van der Waals surface area (Å²) in [5.41, 5.74) is 1.96. The zero-order valence-corrected chi connectivity index (χ0v) is 21.2. The van der Waals surface area contributed by atoms with Gasteiger partial charge in [0, 0.05) is 23.8 Å². The first-order valence-electron chi connectivity index (χ1n) is 12.2. The van der Waals surface area contributed by atoms with Crippen LogP contribution in [-0.4, -0.2) is 34.7 Å². The third-order valence-electron chi connectivity index (χ3n) is 6.44. The van der Waals surface area contributed by atoms with E-state index in [-0.39, 0.29) is 6.10 Å². The summed E-state index contributed by atoms with van der Waals surface area (Å²) < 4.78 is 59.0. The van der Waals surface area contributed by atoms with Crippen molar-refractivity contribution in [3.8, 4) is 16.9 Å². The Morgan fingerprint density at radius 3 is 2.29 bits per heavy atom. The van der Waals surface area contributed by atoms with E-state index >= 15 is 0 Å². The van der Waals surface area contributed by atoms with Crippen molar-refractivity contribution in [2.45, 2.75) is 37.5 Å². The average molecular weight is 543 g/mol. The van der Waals surface area contributed by atoms with Crippen molar-refractivity contribution in [1.29, 1.82) is 0 Å². The van der Waals surface area contributed by atoms with Crippen molar-refractivity contribution in [2.75, 3.05) is 13.2 Å². The molecular weight excluding hydrogens is 517 g/mol. The van der Waals surface area contributed by atoms with Crippen molar-refractivity contribution in [1.82, 2.24) is 9.55 Å². The van der Waals surface area contributed by atoms with Gasteiger partial charge in [0.2, 0.25) is 0 Å². The van der Waals surface area contributed by atoms with E-state index < -0.39 is 17.5 Å². The Kier molecular flexibility index (Phi) is 7.74. The van der Waals surface area contributed by atoms with Crippen molar-refractivity contribution in [3.05, 3.63) is 108 Å². The van der Waals surface area contributed by atoms with Crippen LogP contribution in [0.1, 0.15) is 17.5 Å². The first-order valence-corrected chi connectivity index (χ1v) is 12.6. The standard InChI is InChI=1S/C29H26ClF3N2O3/c30-25-9-1-21(2-10-25)13-14-28(19-35-16-15-34-20-35)37-18-27(38-28)17-36-26-11-5-23(6-12-26)22-3-7-24(8-4-22)29(31,32)33/h1-12,15-16,20,27H,13-14,17-19H2. The topological polar surface area (TPSA) is 45.5 Å². The molecule has 2 unspecified atom stereocenters. The number of ether oxygens (including phenoxy) is 3. The van der Waals surface area contributed by atoms with Crippen LogP contribution in [0.25, 0.3) is 11.1 Å². The number of aryl methyl sites for hydroxylation is 1. The minimum Gasteiger partial charge on any atom is -0.491 e. The summed E-state index contributed by atoms with van der Waals surface area (Å²) >= 11 is 6.01. The second-order valence-corrected chi connectivity index (χ2v) is 9.67. The van der Waals surface area contributed by atoms with Crippen LogP contribution in [0.4, 0.5) is 13.2 Å². The predicted molar refractivity (Wildman–Crippen MR) is 138 cm³/mol. The molecule has 3 aromatic carbocycles. The van der Waals surface area contributed by atoms with Gasteiger partial charge in [0.1, 0.15) is 18.5 Å². The molecule has 5 rings (SSSR count). The molecule has 0 amide bonds. The van der Waals surface area contributed by atoms with E-state index in [1.807, 2.05) is 47.2 Å². The van der Waals surface area contributed by atoms with Gasteiger partial charge in [-0.2, -0.15) is 13.2 Å². The van der Waals surface area contributed by atoms with Gasteiger partial charge in [0.05, 0.1) is 25.0 Å². The summed E-state index contributed by atoms with van der Waals surface area (Å²) in [7, 11) is 0. The van der Waals surface area contributed by atoms with Crippen LogP contribution in [0.3, 0.4) is 0 Å². The minimum atomic E-state index is -4.35. The molecule has 0 radical (unpaired) electrons. The highest BCUT2D eigenvalue weighted by molar-refractivity contribution is 6.30. The van der Waals surface area contributed by atoms with Crippen LogP contribution < -0.4 is 4.74 Å². The second kappa shape index (κ2) is 11.2. The van der Waals surface area contributed by atoms with Gasteiger partial charge < -0.3 is 18.8 Å². The fourth-order valence-corrected chi connectivity index (χ4v) is 4.55. The zero-order valence-electron chi connectivity index (χ0n) is 20.4. The Morgan fingerprint density at radius 2 is 1.66 bits per heavy atom. The lowest BCUT2D eigenvalue weighted by Crippen LogP contribution is -2.37. The molecule has 0 N–H and O–H groups in total. The van der Waals surface area contributed by atoms with Gasteiger partial charge in [0.25, 0.3) is 0 Å². The van der Waals surface area contributed by atoms with E-state index in [1.54, 1.807) is 24.7 Å². The van der Waals surface area contributed by atoms with Gasteiger partial charge in [-0.3, -0.25) is 0 Å². The number of nitrogens with zero attached hydrogens (tertiary/aromatic N) is 2. The SMILES string of the molecule is FC(F)(F)c1ccc(-c2ccc(OCC3COC(CCc4ccc(Cl)cc4)(Cn4ccnc4)O3)cc2)cc1. The van der Waals surface area contributed by atoms with Crippen molar-refractivity contribution < 1.29 is 27.4 Å². The molecule has 1 aromatic heterocycles. The van der Waals surface area contributed by atoms with Gasteiger partial charge in [-0.05, 0) is 59.5 Å². The van der Waals surface area contributed by atoms with E-state index in [0.29, 0.717) is 42.5 Å². The van der Waals surface area contributed by atoms with Gasteiger partial charge in [0.15, 0.2) is 5.79 Å². The maximum Gasteiger partial charge on any atom is 0.416 e. The Balaban J connectivity index is 1.19. The highest BCUT2D eigenvalue weighted by atomic mass is 35.5. The lowest BCUT2D eigenvalue weighted by molar-refractivity contribution is -0.184. The summed E-state index contributed by atoms with van der Waals surface area (Å²) in [5, 5.41) is 0.694. The molecule has 0 spiro atoms. The van der Waals surface area contributed by atoms with Crippen LogP contribution in [0.15, 0.2) is 91.5 Å². The van der Waals surface area contributed by atoms with Gasteiger partial charge in [-0.1, -0.05) is 48.0 Å². The number of halogens is 4. The summed E-state index contributed by atoms with van der Waals surface area (Å²) in [5.74, 6) is -0.182. The number of hydrogen-bond donors (Lipinski definition) is 0. The maximum atomic E-state index is 12.8. The molecule has 0 bridgehead atoms. The lowest BCUT2D eigenvalue weighted by atomic mass is 10.0. The molecule has 2 heterocycles. The highest BCUT2D eigenvalue weighted by Gasteiger charge is 2.42. The van der Waals surface area contributed by atoms with Crippen molar-refractivity contribution in [3.63, 3.8) is 0 Å². The Labute approximate surface area is 223 Å². The number of alkyl halides is 3. The Morgan fingerprint density at radius 1 is 0.974 bits per heavy atom. The minimum absolute atomic E-state index is 0.265. The third-order valence-corrected chi connectivity index (χ3v) is 6.69. The average Bonchev–Trinajstić information content (AvgIpc) is 3.58. The van der Waals surface area contributed by atoms with E-state index in [2.05, 4.69) is 4.98 Å². The maximum absolute atomic E-state index is 12.8. The van der Waals surface area contributed by atoms with Crippen LogP contribution in [0.5, 0.6) is 5.75 Å². The Hall–Kier alpha value is -3.33. The molecule has 9 heteroatoms. The third kappa shape index (κ3) is 6.56. The molecule has 0 saturated carbocycles. The zero-order chi connectivity index (χ0) is 26.6. The molecule has 2 atom stereocenters. The highest BCUT2D eigenvalue weighted by Crippen LogP contribution is 2.33. The molecule has 198 valence electrons. The molecule has 1 fully saturated rings. The van der Waals surface area contributed by atoms with Gasteiger partial charge in [-0.25, -0.2) is 4.98 Å². The molecule has 0 aliphatic carbocycles. The number of aromatic nitrogens is 2. The lowest BCUT2D eigenvalue weighted by Gasteiger charge is -2.28. The van der Waals surface area contributed by atoms with Gasteiger partial charge >= 0.3 is 6.18 Å². The number of rotatable bonds is 9. The molecule has 38 heavy (non-hydrogen) atoms. The monoisotopic (exact) mass is 542 g/mol. The summed E-state index contributed by atoms with van der Waals surface area (Å²) in [6.07, 6.45) is 2.11. The van der Waals surface area contributed by atoms with Crippen LogP contribution in [0, 0.1) is 0 Å². The largest absolute Gasteiger partial charge is 0.491 e. The quantitative estimate of drug-likeness (QED) is 0.227. The molecule has 1 aliphatic rings. The molecule has 4 aromatic rings. The van der Waals surface area contributed by atoms with Crippen molar-refractivity contribution >= 4 is 11.6 Å². The summed E-state index contributed by atoms with van der Waals surface area (Å²) in [6, 6.07) is 20.1. The van der Waals surface area contributed by atoms with E-state index in [9.17, 15) is 13.2 Å². The first kappa shape index (κ1) is 26.3. The van der Waals surface area contributed by atoms with E-state index in [1.165, 1.54) is 12.1 Å². The fourth-order valence-electron chi connectivity index (χ4n) is 4.42. The van der Waals surface area contributed by atoms with Crippen LogP contribution in [0.2, 0.25) is 5.02 Å². The normalized spacial score (nSPS) is 19.5. The molecule has 1 aliphatic heterocycles. The summed E-state index contributed by atoms with van der Waals surface area (Å²) in [6.45, 7) is 1.18. The molecule has 5 nitrogen and oxygen atoms in total. The fraction of sp³-hybridized carbons (Fsp3) is 0.276. The molecule has 1 saturated heterocycles. The Bertz CT molecular complexity index is 1310. The van der Waals surface area contributed by atoms with Crippen molar-refractivity contribution in [2.24, 2.45) is 0 Å². The second-order valence-electron chi connectivity index (χ2n) is 9.23. The van der Waals surface area contributed by atoms with Gasteiger partial charge in [-0.15, -0.1) is 0 Å². The van der Waals surface area contributed by atoms with Crippen LogP contribution >= 0.6 is 11.6 Å². The van der Waals surface area contributed by atoms with E-state index in [0.717, 1.165) is 29.7 Å². The molecular formula is C29H26ClF3N2O3. The smallest absolute Gasteiger partial charge is 0.416 e. The number of benzene rings is 3. The number of imidazole rings is 1. The predicted octanol–water partition coefficient (Wildman–Crippen LogP) is 7.05. The number of hydrogen-bond acceptors (Lipinski definition) is 4. The van der Waals surface area contributed by atoms with Crippen LogP contribution in [-0.2, 0) is 28.6 Å². The van der Waals surface area contributed by atoms with E-state index in [4.69, 9.17) is 25.8 Å². The first-order chi connectivity index (χ1) is 18.3. The summed E-state index contributed by atoms with van der Waals surface area (Å²) in [4.78, 5) is 4.12.